The Kier molecular flexibility index (Phi) is 3.10. The topological polar surface area (TPSA) is 48.7 Å². The first kappa shape index (κ1) is 12.0. The van der Waals surface area contributed by atoms with Gasteiger partial charge in [0.15, 0.2) is 0 Å². The van der Waals surface area contributed by atoms with Gasteiger partial charge in [-0.1, -0.05) is 23.7 Å². The lowest BCUT2D eigenvalue weighted by Crippen LogP contribution is -2.07. The van der Waals surface area contributed by atoms with Crippen molar-refractivity contribution in [3.05, 3.63) is 58.7 Å². The normalized spacial score (nSPS) is 20.6. The molecule has 0 bridgehead atoms. The lowest BCUT2D eigenvalue weighted by molar-refractivity contribution is 1.03. The molecular formula is C15H12ClN3. The molecule has 19 heavy (non-hydrogen) atoms. The highest BCUT2D eigenvalue weighted by Crippen LogP contribution is 2.43. The van der Waals surface area contributed by atoms with Crippen molar-refractivity contribution < 1.29 is 0 Å². The highest BCUT2D eigenvalue weighted by Gasteiger charge is 2.38. The van der Waals surface area contributed by atoms with E-state index in [2.05, 4.69) is 22.4 Å². The summed E-state index contributed by atoms with van der Waals surface area (Å²) in [6, 6.07) is 13.9. The van der Waals surface area contributed by atoms with E-state index < -0.39 is 0 Å². The van der Waals surface area contributed by atoms with Crippen molar-refractivity contribution in [3.63, 3.8) is 0 Å². The quantitative estimate of drug-likeness (QED) is 0.927. The molecule has 0 aliphatic heterocycles. The summed E-state index contributed by atoms with van der Waals surface area (Å²) in [6.07, 6.45) is 2.74. The standard InChI is InChI=1S/C15H12ClN3/c16-12-5-1-3-10(7-12)13-8-14(13)19-15-11(9-17)4-2-6-18-15/h1-7,13-14H,8H2,(H,18,19). The summed E-state index contributed by atoms with van der Waals surface area (Å²) in [5.41, 5.74) is 1.82. The zero-order valence-corrected chi connectivity index (χ0v) is 10.9. The smallest absolute Gasteiger partial charge is 0.144 e. The first-order chi connectivity index (χ1) is 9.28. The summed E-state index contributed by atoms with van der Waals surface area (Å²) in [7, 11) is 0. The van der Waals surface area contributed by atoms with Gasteiger partial charge in [-0.15, -0.1) is 0 Å². The summed E-state index contributed by atoms with van der Waals surface area (Å²) in [5, 5.41) is 13.1. The molecule has 4 heteroatoms. The van der Waals surface area contributed by atoms with Gasteiger partial charge >= 0.3 is 0 Å². The van der Waals surface area contributed by atoms with Crippen molar-refractivity contribution in [2.75, 3.05) is 5.32 Å². The molecule has 0 radical (unpaired) electrons. The predicted molar refractivity (Wildman–Crippen MR) is 75.2 cm³/mol. The second kappa shape index (κ2) is 4.91. The van der Waals surface area contributed by atoms with E-state index in [0.717, 1.165) is 11.4 Å². The minimum Gasteiger partial charge on any atom is -0.366 e. The van der Waals surface area contributed by atoms with Crippen LogP contribution in [0.25, 0.3) is 0 Å². The average molecular weight is 270 g/mol. The Morgan fingerprint density at radius 1 is 1.32 bits per heavy atom. The van der Waals surface area contributed by atoms with E-state index in [1.165, 1.54) is 5.56 Å². The molecule has 2 aromatic rings. The number of benzene rings is 1. The van der Waals surface area contributed by atoms with E-state index in [9.17, 15) is 0 Å². The number of nitriles is 1. The molecule has 0 amide bonds. The van der Waals surface area contributed by atoms with Gasteiger partial charge < -0.3 is 5.32 Å². The maximum atomic E-state index is 9.02. The Labute approximate surface area is 116 Å². The number of hydrogen-bond donors (Lipinski definition) is 1. The fourth-order valence-electron chi connectivity index (χ4n) is 2.25. The van der Waals surface area contributed by atoms with E-state index in [4.69, 9.17) is 16.9 Å². The minimum absolute atomic E-state index is 0.334. The molecule has 1 aliphatic rings. The molecular weight excluding hydrogens is 258 g/mol. The largest absolute Gasteiger partial charge is 0.366 e. The third-order valence-corrected chi connectivity index (χ3v) is 3.55. The van der Waals surface area contributed by atoms with Gasteiger partial charge in [-0.2, -0.15) is 5.26 Å². The van der Waals surface area contributed by atoms with Crippen molar-refractivity contribution in [1.29, 1.82) is 5.26 Å². The van der Waals surface area contributed by atoms with Crippen molar-refractivity contribution in [2.24, 2.45) is 0 Å². The molecule has 2 unspecified atom stereocenters. The van der Waals surface area contributed by atoms with Gasteiger partial charge in [0.2, 0.25) is 0 Å². The number of nitrogens with zero attached hydrogens (tertiary/aromatic N) is 2. The van der Waals surface area contributed by atoms with Gasteiger partial charge in [0.1, 0.15) is 11.9 Å². The maximum absolute atomic E-state index is 9.02. The van der Waals surface area contributed by atoms with Crippen LogP contribution < -0.4 is 5.32 Å². The number of halogens is 1. The Morgan fingerprint density at radius 3 is 3.00 bits per heavy atom. The van der Waals surface area contributed by atoms with Crippen molar-refractivity contribution >= 4 is 17.4 Å². The van der Waals surface area contributed by atoms with Crippen LogP contribution in [0.2, 0.25) is 5.02 Å². The summed E-state index contributed by atoms with van der Waals surface area (Å²) in [4.78, 5) is 4.22. The molecule has 3 nitrogen and oxygen atoms in total. The number of hydrogen-bond acceptors (Lipinski definition) is 3. The molecule has 1 aromatic carbocycles. The summed E-state index contributed by atoms with van der Waals surface area (Å²) >= 11 is 6.00. The van der Waals surface area contributed by atoms with E-state index in [0.29, 0.717) is 23.3 Å². The average Bonchev–Trinajstić information content (AvgIpc) is 3.19. The fraction of sp³-hybridized carbons (Fsp3) is 0.200. The Bertz CT molecular complexity index is 648. The maximum Gasteiger partial charge on any atom is 0.144 e. The predicted octanol–water partition coefficient (Wildman–Crippen LogP) is 3.57. The van der Waals surface area contributed by atoms with Crippen LogP contribution in [0.3, 0.4) is 0 Å². The van der Waals surface area contributed by atoms with Crippen LogP contribution in [0.15, 0.2) is 42.6 Å². The monoisotopic (exact) mass is 269 g/mol. The summed E-state index contributed by atoms with van der Waals surface area (Å²) in [6.45, 7) is 0. The molecule has 94 valence electrons. The van der Waals surface area contributed by atoms with Crippen molar-refractivity contribution in [2.45, 2.75) is 18.4 Å². The minimum atomic E-state index is 0.334. The molecule has 0 saturated heterocycles. The van der Waals surface area contributed by atoms with E-state index in [1.807, 2.05) is 18.2 Å². The lowest BCUT2D eigenvalue weighted by atomic mass is 10.1. The number of aromatic nitrogens is 1. The highest BCUT2D eigenvalue weighted by atomic mass is 35.5. The lowest BCUT2D eigenvalue weighted by Gasteiger charge is -2.06. The number of nitrogens with one attached hydrogen (secondary N) is 1. The second-order valence-corrected chi connectivity index (χ2v) is 5.10. The van der Waals surface area contributed by atoms with Gasteiger partial charge in [-0.3, -0.25) is 0 Å². The molecule has 1 N–H and O–H groups in total. The molecule has 0 spiro atoms. The van der Waals surface area contributed by atoms with Crippen molar-refractivity contribution in [1.82, 2.24) is 4.98 Å². The van der Waals surface area contributed by atoms with Gasteiger partial charge in [0.25, 0.3) is 0 Å². The molecule has 1 saturated carbocycles. The zero-order chi connectivity index (χ0) is 13.2. The van der Waals surface area contributed by atoms with Crippen LogP contribution in [0, 0.1) is 11.3 Å². The summed E-state index contributed by atoms with van der Waals surface area (Å²) < 4.78 is 0. The zero-order valence-electron chi connectivity index (χ0n) is 10.2. The molecule has 3 rings (SSSR count). The fourth-order valence-corrected chi connectivity index (χ4v) is 2.45. The van der Waals surface area contributed by atoms with Crippen LogP contribution >= 0.6 is 11.6 Å². The number of anilines is 1. The van der Waals surface area contributed by atoms with Crippen LogP contribution in [0.1, 0.15) is 23.5 Å². The molecule has 1 heterocycles. The summed E-state index contributed by atoms with van der Waals surface area (Å²) in [5.74, 6) is 1.12. The van der Waals surface area contributed by atoms with E-state index in [1.54, 1.807) is 18.3 Å². The Morgan fingerprint density at radius 2 is 2.21 bits per heavy atom. The number of rotatable bonds is 3. The first-order valence-electron chi connectivity index (χ1n) is 6.15. The van der Waals surface area contributed by atoms with Crippen LogP contribution in [0.4, 0.5) is 5.82 Å². The van der Waals surface area contributed by atoms with Crippen LogP contribution in [0.5, 0.6) is 0 Å². The van der Waals surface area contributed by atoms with Crippen LogP contribution in [-0.2, 0) is 0 Å². The Hall–Kier alpha value is -2.05. The Balaban J connectivity index is 1.73. The third-order valence-electron chi connectivity index (χ3n) is 3.32. The van der Waals surface area contributed by atoms with Gasteiger partial charge in [-0.05, 0) is 36.2 Å². The van der Waals surface area contributed by atoms with E-state index in [-0.39, 0.29) is 0 Å². The molecule has 1 aromatic heterocycles. The van der Waals surface area contributed by atoms with Crippen molar-refractivity contribution in [3.8, 4) is 6.07 Å². The molecule has 1 fully saturated rings. The van der Waals surface area contributed by atoms with Gasteiger partial charge in [0.05, 0.1) is 5.56 Å². The van der Waals surface area contributed by atoms with Gasteiger partial charge in [-0.25, -0.2) is 4.98 Å². The first-order valence-corrected chi connectivity index (χ1v) is 6.53. The van der Waals surface area contributed by atoms with E-state index >= 15 is 0 Å². The molecule has 1 aliphatic carbocycles. The van der Waals surface area contributed by atoms with Gasteiger partial charge in [0, 0.05) is 23.2 Å². The highest BCUT2D eigenvalue weighted by molar-refractivity contribution is 6.30. The second-order valence-electron chi connectivity index (χ2n) is 4.66. The SMILES string of the molecule is N#Cc1cccnc1NC1CC1c1cccc(Cl)c1. The third kappa shape index (κ3) is 2.54. The number of pyridine rings is 1. The van der Waals surface area contributed by atoms with Crippen LogP contribution in [-0.4, -0.2) is 11.0 Å². The molecule has 2 atom stereocenters.